The number of amides is 1. The van der Waals surface area contributed by atoms with Crippen LogP contribution in [0, 0.1) is 11.3 Å². The van der Waals surface area contributed by atoms with Gasteiger partial charge in [-0.2, -0.15) is 5.26 Å². The van der Waals surface area contributed by atoms with Gasteiger partial charge in [-0.1, -0.05) is 47.7 Å². The van der Waals surface area contributed by atoms with Gasteiger partial charge in [-0.3, -0.25) is 10.1 Å². The number of nitrogens with zero attached hydrogens (tertiary/aromatic N) is 3. The smallest absolute Gasteiger partial charge is 0.268 e. The van der Waals surface area contributed by atoms with Crippen LogP contribution >= 0.6 is 11.3 Å². The highest BCUT2D eigenvalue weighted by molar-refractivity contribution is 7.18. The van der Waals surface area contributed by atoms with E-state index in [1.807, 2.05) is 36.4 Å². The third-order valence-electron chi connectivity index (χ3n) is 3.74. The molecule has 27 heavy (non-hydrogen) atoms. The lowest BCUT2D eigenvalue weighted by molar-refractivity contribution is -0.112. The van der Waals surface area contributed by atoms with E-state index in [4.69, 9.17) is 9.47 Å². The Kier molecular flexibility index (Phi) is 4.51. The zero-order valence-electron chi connectivity index (χ0n) is 13.9. The monoisotopic (exact) mass is 376 g/mol. The normalized spacial score (nSPS) is 12.5. The fraction of sp³-hybridized carbons (Fsp3) is 0.0526. The van der Waals surface area contributed by atoms with Crippen molar-refractivity contribution in [3.63, 3.8) is 0 Å². The van der Waals surface area contributed by atoms with Gasteiger partial charge in [0.1, 0.15) is 16.6 Å². The second-order valence-corrected chi connectivity index (χ2v) is 6.49. The molecular formula is C19H12N4O3S. The molecule has 4 rings (SSSR count). The molecule has 1 N–H and O–H groups in total. The first-order valence-corrected chi connectivity index (χ1v) is 8.76. The molecule has 0 saturated heterocycles. The molecule has 0 spiro atoms. The van der Waals surface area contributed by atoms with Crippen molar-refractivity contribution in [3.05, 3.63) is 59.7 Å². The van der Waals surface area contributed by atoms with Gasteiger partial charge in [0.05, 0.1) is 0 Å². The van der Waals surface area contributed by atoms with Gasteiger partial charge in [0.2, 0.25) is 11.9 Å². The number of fused-ring (bicyclic) bond motifs is 1. The maximum atomic E-state index is 12.4. The Labute approximate surface area is 158 Å². The van der Waals surface area contributed by atoms with Crippen molar-refractivity contribution in [1.29, 1.82) is 5.26 Å². The standard InChI is InChI=1S/C19H12N4O3S/c20-10-14(8-12-6-7-15-16(9-12)26-11-25-15)17(24)21-19-23-22-18(27-19)13-4-2-1-3-5-13/h1-9H,11H2,(H,21,23,24). The first kappa shape index (κ1) is 16.8. The van der Waals surface area contributed by atoms with Crippen molar-refractivity contribution in [2.75, 3.05) is 12.1 Å². The quantitative estimate of drug-likeness (QED) is 0.553. The average Bonchev–Trinajstić information content (AvgIpc) is 3.35. The molecule has 0 aliphatic carbocycles. The van der Waals surface area contributed by atoms with E-state index in [-0.39, 0.29) is 12.4 Å². The SMILES string of the molecule is N#CC(=Cc1ccc2c(c1)OCO2)C(=O)Nc1nnc(-c2ccccc2)s1. The number of hydrogen-bond acceptors (Lipinski definition) is 7. The van der Waals surface area contributed by atoms with Crippen molar-refractivity contribution >= 4 is 28.5 Å². The molecule has 1 aromatic heterocycles. The van der Waals surface area contributed by atoms with Crippen LogP contribution in [-0.4, -0.2) is 22.9 Å². The number of rotatable bonds is 4. The van der Waals surface area contributed by atoms with Crippen molar-refractivity contribution in [2.45, 2.75) is 0 Å². The molecule has 1 aliphatic rings. The van der Waals surface area contributed by atoms with E-state index in [0.29, 0.717) is 27.2 Å². The highest BCUT2D eigenvalue weighted by Gasteiger charge is 2.16. The second-order valence-electron chi connectivity index (χ2n) is 5.52. The van der Waals surface area contributed by atoms with Crippen LogP contribution in [0.4, 0.5) is 5.13 Å². The van der Waals surface area contributed by atoms with Crippen LogP contribution in [0.3, 0.4) is 0 Å². The van der Waals surface area contributed by atoms with Gasteiger partial charge in [0.25, 0.3) is 5.91 Å². The topological polar surface area (TPSA) is 97.1 Å². The number of hydrogen-bond donors (Lipinski definition) is 1. The van der Waals surface area contributed by atoms with Crippen LogP contribution in [0.15, 0.2) is 54.1 Å². The van der Waals surface area contributed by atoms with Gasteiger partial charge in [0.15, 0.2) is 11.5 Å². The molecule has 1 amide bonds. The molecule has 0 radical (unpaired) electrons. The lowest BCUT2D eigenvalue weighted by Crippen LogP contribution is -2.13. The minimum atomic E-state index is -0.550. The number of aromatic nitrogens is 2. The Balaban J connectivity index is 1.51. The number of nitriles is 1. The second kappa shape index (κ2) is 7.27. The molecule has 0 fully saturated rings. The summed E-state index contributed by atoms with van der Waals surface area (Å²) >= 11 is 1.24. The van der Waals surface area contributed by atoms with Crippen LogP contribution in [0.2, 0.25) is 0 Å². The van der Waals surface area contributed by atoms with Gasteiger partial charge in [0, 0.05) is 5.56 Å². The van der Waals surface area contributed by atoms with E-state index in [1.54, 1.807) is 18.2 Å². The Hall–Kier alpha value is -3.70. The highest BCUT2D eigenvalue weighted by atomic mass is 32.1. The number of anilines is 1. The third-order valence-corrected chi connectivity index (χ3v) is 4.63. The van der Waals surface area contributed by atoms with E-state index < -0.39 is 5.91 Å². The summed E-state index contributed by atoms with van der Waals surface area (Å²) in [6.45, 7) is 0.162. The number of carbonyl (C=O) groups is 1. The molecular weight excluding hydrogens is 364 g/mol. The van der Waals surface area contributed by atoms with Crippen LogP contribution in [0.25, 0.3) is 16.6 Å². The highest BCUT2D eigenvalue weighted by Crippen LogP contribution is 2.33. The fourth-order valence-corrected chi connectivity index (χ4v) is 3.20. The van der Waals surface area contributed by atoms with E-state index in [9.17, 15) is 10.1 Å². The van der Waals surface area contributed by atoms with Crippen LogP contribution in [0.5, 0.6) is 11.5 Å². The number of ether oxygens (including phenoxy) is 2. The summed E-state index contributed by atoms with van der Waals surface area (Å²) in [6.07, 6.45) is 1.48. The van der Waals surface area contributed by atoms with E-state index in [2.05, 4.69) is 15.5 Å². The van der Waals surface area contributed by atoms with Crippen LogP contribution in [0.1, 0.15) is 5.56 Å². The van der Waals surface area contributed by atoms with Gasteiger partial charge >= 0.3 is 0 Å². The van der Waals surface area contributed by atoms with Gasteiger partial charge < -0.3 is 9.47 Å². The number of benzene rings is 2. The summed E-state index contributed by atoms with van der Waals surface area (Å²) in [5.41, 5.74) is 1.52. The maximum Gasteiger partial charge on any atom is 0.268 e. The Bertz CT molecular complexity index is 1070. The zero-order valence-corrected chi connectivity index (χ0v) is 14.7. The molecule has 0 atom stereocenters. The first-order chi connectivity index (χ1) is 13.2. The molecule has 0 bridgehead atoms. The molecule has 2 heterocycles. The predicted octanol–water partition coefficient (Wildman–Crippen LogP) is 3.48. The molecule has 3 aromatic rings. The summed E-state index contributed by atoms with van der Waals surface area (Å²) in [5.74, 6) is 0.668. The van der Waals surface area contributed by atoms with Crippen molar-refractivity contribution < 1.29 is 14.3 Å². The minimum Gasteiger partial charge on any atom is -0.454 e. The third kappa shape index (κ3) is 3.63. The fourth-order valence-electron chi connectivity index (χ4n) is 2.45. The van der Waals surface area contributed by atoms with Crippen molar-refractivity contribution in [3.8, 4) is 28.1 Å². The molecule has 132 valence electrons. The maximum absolute atomic E-state index is 12.4. The van der Waals surface area contributed by atoms with E-state index in [0.717, 1.165) is 5.56 Å². The summed E-state index contributed by atoms with van der Waals surface area (Å²) in [6, 6.07) is 16.6. The average molecular weight is 376 g/mol. The van der Waals surface area contributed by atoms with Gasteiger partial charge in [-0.05, 0) is 23.8 Å². The Morgan fingerprint density at radius 3 is 2.78 bits per heavy atom. The van der Waals surface area contributed by atoms with Crippen LogP contribution in [-0.2, 0) is 4.79 Å². The van der Waals surface area contributed by atoms with Crippen molar-refractivity contribution in [1.82, 2.24) is 10.2 Å². The molecule has 0 unspecified atom stereocenters. The van der Waals surface area contributed by atoms with Gasteiger partial charge in [-0.15, -0.1) is 10.2 Å². The number of nitrogens with one attached hydrogen (secondary N) is 1. The Morgan fingerprint density at radius 2 is 1.96 bits per heavy atom. The van der Waals surface area contributed by atoms with Crippen LogP contribution < -0.4 is 14.8 Å². The summed E-state index contributed by atoms with van der Waals surface area (Å²) < 4.78 is 10.6. The largest absolute Gasteiger partial charge is 0.454 e. The summed E-state index contributed by atoms with van der Waals surface area (Å²) in [7, 11) is 0. The zero-order chi connectivity index (χ0) is 18.6. The molecule has 0 saturated carbocycles. The predicted molar refractivity (Wildman–Crippen MR) is 100 cm³/mol. The molecule has 2 aromatic carbocycles. The number of carbonyl (C=O) groups excluding carboxylic acids is 1. The molecule has 8 heteroatoms. The van der Waals surface area contributed by atoms with E-state index in [1.165, 1.54) is 17.4 Å². The lowest BCUT2D eigenvalue weighted by atomic mass is 10.1. The minimum absolute atomic E-state index is 0.0506. The molecule has 7 nitrogen and oxygen atoms in total. The Morgan fingerprint density at radius 1 is 1.15 bits per heavy atom. The lowest BCUT2D eigenvalue weighted by Gasteiger charge is -2.01. The summed E-state index contributed by atoms with van der Waals surface area (Å²) in [5, 5.41) is 21.0. The van der Waals surface area contributed by atoms with Gasteiger partial charge in [-0.25, -0.2) is 0 Å². The summed E-state index contributed by atoms with van der Waals surface area (Å²) in [4.78, 5) is 12.4. The van der Waals surface area contributed by atoms with E-state index >= 15 is 0 Å². The first-order valence-electron chi connectivity index (χ1n) is 7.94. The molecule has 1 aliphatic heterocycles. The van der Waals surface area contributed by atoms with Crippen molar-refractivity contribution in [2.24, 2.45) is 0 Å².